The van der Waals surface area contributed by atoms with E-state index in [0.717, 1.165) is 12.8 Å². The molecule has 0 bridgehead atoms. The lowest BCUT2D eigenvalue weighted by Gasteiger charge is -2.21. The van der Waals surface area contributed by atoms with Gasteiger partial charge in [0, 0.05) is 19.1 Å². The van der Waals surface area contributed by atoms with E-state index in [1.165, 1.54) is 35.6 Å². The summed E-state index contributed by atoms with van der Waals surface area (Å²) in [6, 6.07) is 5.39. The standard InChI is InChI=1S/C18H28N2O5S/c1-6-8-14(4)19-17(21)12-25-18(22)15-9-7-10-16(11-15)26(23,24)20(5)13(2)3/h7,9-11,13-14H,6,8,12H2,1-5H3,(H,19,21)/t14-/m1/s1. The van der Waals surface area contributed by atoms with Gasteiger partial charge in [0.1, 0.15) is 0 Å². The van der Waals surface area contributed by atoms with Gasteiger partial charge in [0.2, 0.25) is 10.0 Å². The maximum atomic E-state index is 12.5. The summed E-state index contributed by atoms with van der Waals surface area (Å²) in [6.45, 7) is 7.00. The van der Waals surface area contributed by atoms with E-state index in [9.17, 15) is 18.0 Å². The minimum Gasteiger partial charge on any atom is -0.452 e. The predicted molar refractivity (Wildman–Crippen MR) is 99.3 cm³/mol. The van der Waals surface area contributed by atoms with Crippen molar-refractivity contribution in [2.75, 3.05) is 13.7 Å². The van der Waals surface area contributed by atoms with Gasteiger partial charge in [-0.1, -0.05) is 19.4 Å². The molecular weight excluding hydrogens is 356 g/mol. The molecule has 0 aliphatic rings. The molecule has 0 aliphatic carbocycles. The zero-order chi connectivity index (χ0) is 19.9. The van der Waals surface area contributed by atoms with Gasteiger partial charge < -0.3 is 10.1 Å². The van der Waals surface area contributed by atoms with Crippen LogP contribution in [0.3, 0.4) is 0 Å². The molecule has 1 N–H and O–H groups in total. The SMILES string of the molecule is CCC[C@@H](C)NC(=O)COC(=O)c1cccc(S(=O)(=O)N(C)C(C)C)c1. The summed E-state index contributed by atoms with van der Waals surface area (Å²) < 4.78 is 31.2. The van der Waals surface area contributed by atoms with Crippen molar-refractivity contribution in [2.24, 2.45) is 0 Å². The lowest BCUT2D eigenvalue weighted by atomic mass is 10.2. The van der Waals surface area contributed by atoms with Gasteiger partial charge in [0.25, 0.3) is 5.91 Å². The molecule has 1 aromatic carbocycles. The van der Waals surface area contributed by atoms with Crippen molar-refractivity contribution in [3.05, 3.63) is 29.8 Å². The van der Waals surface area contributed by atoms with Gasteiger partial charge in [-0.15, -0.1) is 0 Å². The molecule has 8 heteroatoms. The molecule has 7 nitrogen and oxygen atoms in total. The fraction of sp³-hybridized carbons (Fsp3) is 0.556. The number of amides is 1. The summed E-state index contributed by atoms with van der Waals surface area (Å²) in [5, 5.41) is 2.73. The second-order valence-corrected chi connectivity index (χ2v) is 8.47. The van der Waals surface area contributed by atoms with E-state index < -0.39 is 22.6 Å². The molecule has 0 aromatic heterocycles. The first-order valence-electron chi connectivity index (χ1n) is 8.64. The third-order valence-electron chi connectivity index (χ3n) is 3.94. The van der Waals surface area contributed by atoms with Crippen molar-refractivity contribution in [3.63, 3.8) is 0 Å². The Morgan fingerprint density at radius 2 is 1.88 bits per heavy atom. The van der Waals surface area contributed by atoms with Crippen LogP contribution >= 0.6 is 0 Å². The first kappa shape index (κ1) is 22.1. The highest BCUT2D eigenvalue weighted by Crippen LogP contribution is 2.18. The van der Waals surface area contributed by atoms with E-state index in [0.29, 0.717) is 0 Å². The minimum atomic E-state index is -3.70. The number of hydrogen-bond acceptors (Lipinski definition) is 5. The number of rotatable bonds is 9. The molecule has 0 spiro atoms. The van der Waals surface area contributed by atoms with Gasteiger partial charge in [-0.25, -0.2) is 13.2 Å². The van der Waals surface area contributed by atoms with Gasteiger partial charge in [0.05, 0.1) is 10.5 Å². The molecule has 0 heterocycles. The molecule has 0 aliphatic heterocycles. The van der Waals surface area contributed by atoms with Crippen molar-refractivity contribution < 1.29 is 22.7 Å². The van der Waals surface area contributed by atoms with Crippen molar-refractivity contribution >= 4 is 21.9 Å². The maximum Gasteiger partial charge on any atom is 0.338 e. The number of ether oxygens (including phenoxy) is 1. The summed E-state index contributed by atoms with van der Waals surface area (Å²) in [7, 11) is -2.22. The fourth-order valence-corrected chi connectivity index (χ4v) is 3.68. The molecule has 1 rings (SSSR count). The normalized spacial score (nSPS) is 12.9. The van der Waals surface area contributed by atoms with Crippen molar-refractivity contribution in [1.82, 2.24) is 9.62 Å². The largest absolute Gasteiger partial charge is 0.452 e. The number of benzene rings is 1. The molecule has 146 valence electrons. The lowest BCUT2D eigenvalue weighted by molar-refractivity contribution is -0.124. The van der Waals surface area contributed by atoms with Crippen LogP contribution in [0.5, 0.6) is 0 Å². The fourth-order valence-electron chi connectivity index (χ4n) is 2.26. The van der Waals surface area contributed by atoms with Crippen molar-refractivity contribution in [1.29, 1.82) is 0 Å². The topological polar surface area (TPSA) is 92.8 Å². The Hall–Kier alpha value is -1.93. The van der Waals surface area contributed by atoms with Crippen LogP contribution in [-0.4, -0.2) is 50.3 Å². The smallest absolute Gasteiger partial charge is 0.338 e. The molecule has 0 saturated carbocycles. The van der Waals surface area contributed by atoms with Gasteiger partial charge in [0.15, 0.2) is 6.61 Å². The van der Waals surface area contributed by atoms with Gasteiger partial charge in [-0.2, -0.15) is 4.31 Å². The highest BCUT2D eigenvalue weighted by Gasteiger charge is 2.24. The first-order chi connectivity index (χ1) is 12.1. The molecular formula is C18H28N2O5S. The summed E-state index contributed by atoms with van der Waals surface area (Å²) in [6.07, 6.45) is 1.77. The number of esters is 1. The summed E-state index contributed by atoms with van der Waals surface area (Å²) in [4.78, 5) is 23.9. The number of hydrogen-bond donors (Lipinski definition) is 1. The monoisotopic (exact) mass is 384 g/mol. The zero-order valence-corrected chi connectivity index (χ0v) is 16.8. The molecule has 1 amide bonds. The van der Waals surface area contributed by atoms with Crippen LogP contribution in [0.25, 0.3) is 0 Å². The summed E-state index contributed by atoms with van der Waals surface area (Å²) >= 11 is 0. The van der Waals surface area contributed by atoms with Crippen LogP contribution in [0.15, 0.2) is 29.2 Å². The van der Waals surface area contributed by atoms with Crippen molar-refractivity contribution in [3.8, 4) is 0 Å². The summed E-state index contributed by atoms with van der Waals surface area (Å²) in [5.74, 6) is -1.13. The van der Waals surface area contributed by atoms with Crippen LogP contribution in [0, 0.1) is 0 Å². The van der Waals surface area contributed by atoms with Crippen LogP contribution in [0.4, 0.5) is 0 Å². The van der Waals surface area contributed by atoms with Gasteiger partial charge in [-0.3, -0.25) is 4.79 Å². The number of carbonyl (C=O) groups is 2. The Labute approximate surface area is 155 Å². The third kappa shape index (κ3) is 6.10. The van der Waals surface area contributed by atoms with Crippen LogP contribution in [0.2, 0.25) is 0 Å². The lowest BCUT2D eigenvalue weighted by Crippen LogP contribution is -2.35. The number of nitrogens with one attached hydrogen (secondary N) is 1. The minimum absolute atomic E-state index is 0.00386. The van der Waals surface area contributed by atoms with E-state index in [-0.39, 0.29) is 28.4 Å². The molecule has 0 unspecified atom stereocenters. The average Bonchev–Trinajstić information content (AvgIpc) is 2.59. The first-order valence-corrected chi connectivity index (χ1v) is 10.1. The van der Waals surface area contributed by atoms with Gasteiger partial charge in [-0.05, 0) is 45.4 Å². The quantitative estimate of drug-likeness (QED) is 0.659. The molecule has 1 aromatic rings. The van der Waals surface area contributed by atoms with E-state index >= 15 is 0 Å². The average molecular weight is 384 g/mol. The van der Waals surface area contributed by atoms with E-state index in [4.69, 9.17) is 4.74 Å². The molecule has 0 radical (unpaired) electrons. The van der Waals surface area contributed by atoms with E-state index in [2.05, 4.69) is 5.32 Å². The molecule has 0 fully saturated rings. The predicted octanol–water partition coefficient (Wildman–Crippen LogP) is 2.18. The second kappa shape index (κ2) is 9.68. The number of carbonyl (C=O) groups excluding carboxylic acids is 2. The Kier molecular flexibility index (Phi) is 8.23. The number of sulfonamides is 1. The second-order valence-electron chi connectivity index (χ2n) is 6.48. The molecule has 1 atom stereocenters. The van der Waals surface area contributed by atoms with Gasteiger partial charge >= 0.3 is 5.97 Å². The summed E-state index contributed by atoms with van der Waals surface area (Å²) in [5.41, 5.74) is 0.0811. The van der Waals surface area contributed by atoms with E-state index in [1.54, 1.807) is 13.8 Å². The van der Waals surface area contributed by atoms with Crippen LogP contribution in [0.1, 0.15) is 50.9 Å². The Morgan fingerprint density at radius 3 is 2.46 bits per heavy atom. The van der Waals surface area contributed by atoms with E-state index in [1.807, 2.05) is 13.8 Å². The molecule has 0 saturated heterocycles. The third-order valence-corrected chi connectivity index (χ3v) is 5.97. The Morgan fingerprint density at radius 1 is 1.23 bits per heavy atom. The Bertz CT molecular complexity index is 731. The molecule has 26 heavy (non-hydrogen) atoms. The highest BCUT2D eigenvalue weighted by atomic mass is 32.2. The maximum absolute atomic E-state index is 12.5. The van der Waals surface area contributed by atoms with Crippen LogP contribution in [-0.2, 0) is 19.6 Å². The van der Waals surface area contributed by atoms with Crippen LogP contribution < -0.4 is 5.32 Å². The zero-order valence-electron chi connectivity index (χ0n) is 16.0. The Balaban J connectivity index is 2.79. The number of nitrogens with zero attached hydrogens (tertiary/aromatic N) is 1. The van der Waals surface area contributed by atoms with Crippen molar-refractivity contribution in [2.45, 2.75) is 57.5 Å². The highest BCUT2D eigenvalue weighted by molar-refractivity contribution is 7.89.